The molecule has 0 fully saturated rings. The molecule has 1 N–H and O–H groups in total. The van der Waals surface area contributed by atoms with Crippen molar-refractivity contribution in [2.45, 2.75) is 19.4 Å². The van der Waals surface area contributed by atoms with Crippen molar-refractivity contribution in [2.75, 3.05) is 25.2 Å². The largest absolute Gasteiger partial charge is 0.494 e. The highest BCUT2D eigenvalue weighted by Gasteiger charge is 2.23. The number of ketones is 1. The highest BCUT2D eigenvalue weighted by Crippen LogP contribution is 2.13. The zero-order chi connectivity index (χ0) is 21.1. The lowest BCUT2D eigenvalue weighted by atomic mass is 10.1. The lowest BCUT2D eigenvalue weighted by molar-refractivity contribution is -0.144. The van der Waals surface area contributed by atoms with Gasteiger partial charge < -0.3 is 14.8 Å². The Balaban J connectivity index is 1.94. The van der Waals surface area contributed by atoms with Crippen LogP contribution in [-0.4, -0.2) is 48.9 Å². The summed E-state index contributed by atoms with van der Waals surface area (Å²) in [6.45, 7) is 2.03. The summed E-state index contributed by atoms with van der Waals surface area (Å²) < 4.78 is 10.5. The second-order valence-corrected chi connectivity index (χ2v) is 7.15. The van der Waals surface area contributed by atoms with Crippen LogP contribution in [-0.2, 0) is 9.53 Å². The highest BCUT2D eigenvalue weighted by atomic mass is 32.2. The fraction of sp³-hybridized carbons (Fsp3) is 0.318. The Morgan fingerprint density at radius 3 is 2.31 bits per heavy atom. The molecule has 2 aromatic carbocycles. The third-order valence-electron chi connectivity index (χ3n) is 4.07. The van der Waals surface area contributed by atoms with E-state index in [0.717, 1.165) is 0 Å². The minimum atomic E-state index is -0.816. The molecule has 2 aromatic rings. The molecule has 6 nitrogen and oxygen atoms in total. The third kappa shape index (κ3) is 7.27. The molecule has 1 atom stereocenters. The van der Waals surface area contributed by atoms with Gasteiger partial charge in [-0.05, 0) is 61.8 Å². The maximum absolute atomic E-state index is 12.5. The van der Waals surface area contributed by atoms with Gasteiger partial charge in [0, 0.05) is 11.1 Å². The van der Waals surface area contributed by atoms with Gasteiger partial charge in [0.2, 0.25) is 0 Å². The topological polar surface area (TPSA) is 81.7 Å². The third-order valence-corrected chi connectivity index (χ3v) is 4.71. The van der Waals surface area contributed by atoms with E-state index in [2.05, 4.69) is 5.32 Å². The van der Waals surface area contributed by atoms with Gasteiger partial charge in [0.25, 0.3) is 5.91 Å². The van der Waals surface area contributed by atoms with E-state index in [1.165, 1.54) is 0 Å². The Labute approximate surface area is 175 Å². The molecule has 0 aliphatic carbocycles. The van der Waals surface area contributed by atoms with E-state index in [9.17, 15) is 14.4 Å². The molecule has 0 saturated heterocycles. The first-order valence-corrected chi connectivity index (χ1v) is 10.7. The van der Waals surface area contributed by atoms with Gasteiger partial charge in [-0.25, -0.2) is 4.79 Å². The van der Waals surface area contributed by atoms with Crippen LogP contribution in [0.15, 0.2) is 54.6 Å². The SMILES string of the molecule is CCOc1ccc(C(=O)COC(=O)[C@H](CCSC)NC(=O)c2ccccc2)cc1. The van der Waals surface area contributed by atoms with Crippen LogP contribution in [0.3, 0.4) is 0 Å². The van der Waals surface area contributed by atoms with Crippen molar-refractivity contribution in [2.24, 2.45) is 0 Å². The Morgan fingerprint density at radius 2 is 1.69 bits per heavy atom. The second kappa shape index (κ2) is 11.9. The summed E-state index contributed by atoms with van der Waals surface area (Å²) >= 11 is 1.56. The van der Waals surface area contributed by atoms with Crippen molar-refractivity contribution in [3.63, 3.8) is 0 Å². The van der Waals surface area contributed by atoms with Crippen LogP contribution in [0, 0.1) is 0 Å². The first-order valence-electron chi connectivity index (χ1n) is 9.32. The van der Waals surface area contributed by atoms with Crippen molar-refractivity contribution in [3.05, 3.63) is 65.7 Å². The Morgan fingerprint density at radius 1 is 1.00 bits per heavy atom. The molecule has 0 saturated carbocycles. The van der Waals surface area contributed by atoms with Crippen LogP contribution < -0.4 is 10.1 Å². The fourth-order valence-corrected chi connectivity index (χ4v) is 3.01. The summed E-state index contributed by atoms with van der Waals surface area (Å²) in [6, 6.07) is 14.5. The number of hydrogen-bond donors (Lipinski definition) is 1. The zero-order valence-electron chi connectivity index (χ0n) is 16.6. The number of ether oxygens (including phenoxy) is 2. The zero-order valence-corrected chi connectivity index (χ0v) is 17.4. The maximum atomic E-state index is 12.5. The molecule has 0 aliphatic heterocycles. The molecule has 29 heavy (non-hydrogen) atoms. The molecule has 0 heterocycles. The van der Waals surface area contributed by atoms with Crippen LogP contribution in [0.1, 0.15) is 34.1 Å². The van der Waals surface area contributed by atoms with Crippen molar-refractivity contribution < 1.29 is 23.9 Å². The van der Waals surface area contributed by atoms with E-state index >= 15 is 0 Å². The van der Waals surface area contributed by atoms with E-state index in [4.69, 9.17) is 9.47 Å². The number of thioether (sulfide) groups is 1. The van der Waals surface area contributed by atoms with Crippen molar-refractivity contribution in [1.82, 2.24) is 5.32 Å². The summed E-state index contributed by atoms with van der Waals surface area (Å²) in [5.74, 6) is 0.0390. The molecular formula is C22H25NO5S. The van der Waals surface area contributed by atoms with Crippen LogP contribution in [0.25, 0.3) is 0 Å². The Bertz CT molecular complexity index is 808. The van der Waals surface area contributed by atoms with E-state index in [0.29, 0.717) is 35.7 Å². The molecule has 1 amide bonds. The van der Waals surface area contributed by atoms with E-state index in [-0.39, 0.29) is 18.3 Å². The van der Waals surface area contributed by atoms with Gasteiger partial charge in [0.15, 0.2) is 12.4 Å². The Hall–Kier alpha value is -2.80. The highest BCUT2D eigenvalue weighted by molar-refractivity contribution is 7.98. The predicted molar refractivity (Wildman–Crippen MR) is 114 cm³/mol. The number of rotatable bonds is 11. The normalized spacial score (nSPS) is 11.4. The molecule has 0 aromatic heterocycles. The van der Waals surface area contributed by atoms with Crippen molar-refractivity contribution >= 4 is 29.4 Å². The van der Waals surface area contributed by atoms with Gasteiger partial charge in [0.1, 0.15) is 11.8 Å². The lowest BCUT2D eigenvalue weighted by Crippen LogP contribution is -2.42. The number of nitrogens with one attached hydrogen (secondary N) is 1. The molecule has 0 unspecified atom stereocenters. The molecule has 0 aliphatic rings. The van der Waals surface area contributed by atoms with E-state index in [1.54, 1.807) is 60.3 Å². The van der Waals surface area contributed by atoms with Crippen molar-refractivity contribution in [1.29, 1.82) is 0 Å². The first-order chi connectivity index (χ1) is 14.0. The van der Waals surface area contributed by atoms with Crippen molar-refractivity contribution in [3.8, 4) is 5.75 Å². The average molecular weight is 416 g/mol. The van der Waals surface area contributed by atoms with Crippen LogP contribution in [0.2, 0.25) is 0 Å². The summed E-state index contributed by atoms with van der Waals surface area (Å²) in [5, 5.41) is 2.70. The summed E-state index contributed by atoms with van der Waals surface area (Å²) in [4.78, 5) is 37.1. The predicted octanol–water partition coefficient (Wildman–Crippen LogP) is 3.36. The van der Waals surface area contributed by atoms with Gasteiger partial charge in [0.05, 0.1) is 6.61 Å². The number of carbonyl (C=O) groups is 3. The van der Waals surface area contributed by atoms with Gasteiger partial charge in [-0.15, -0.1) is 0 Å². The number of amides is 1. The van der Waals surface area contributed by atoms with Crippen LogP contribution in [0.4, 0.5) is 0 Å². The monoisotopic (exact) mass is 415 g/mol. The quantitative estimate of drug-likeness (QED) is 0.448. The fourth-order valence-electron chi connectivity index (χ4n) is 2.54. The minimum Gasteiger partial charge on any atom is -0.494 e. The average Bonchev–Trinajstić information content (AvgIpc) is 2.76. The maximum Gasteiger partial charge on any atom is 0.329 e. The lowest BCUT2D eigenvalue weighted by Gasteiger charge is -2.17. The molecule has 0 spiro atoms. The smallest absolute Gasteiger partial charge is 0.329 e. The standard InChI is InChI=1S/C22H25NO5S/c1-3-27-18-11-9-16(10-12-18)20(24)15-28-22(26)19(13-14-29-2)23-21(25)17-7-5-4-6-8-17/h4-12,19H,3,13-15H2,1-2H3,(H,23,25)/t19-/m0/s1. The molecule has 0 bridgehead atoms. The van der Waals surface area contributed by atoms with Gasteiger partial charge in [-0.2, -0.15) is 11.8 Å². The summed E-state index contributed by atoms with van der Waals surface area (Å²) in [6.07, 6.45) is 2.33. The molecule has 2 rings (SSSR count). The minimum absolute atomic E-state index is 0.320. The first kappa shape index (κ1) is 22.5. The molecule has 154 valence electrons. The number of Topliss-reactive ketones (excluding diaryl/α,β-unsaturated/α-hetero) is 1. The molecule has 0 radical (unpaired) electrons. The van der Waals surface area contributed by atoms with Gasteiger partial charge >= 0.3 is 5.97 Å². The van der Waals surface area contributed by atoms with Gasteiger partial charge in [-0.1, -0.05) is 18.2 Å². The summed E-state index contributed by atoms with van der Waals surface area (Å²) in [7, 11) is 0. The molecule has 7 heteroatoms. The second-order valence-electron chi connectivity index (χ2n) is 6.16. The Kier molecular flexibility index (Phi) is 9.24. The number of hydrogen-bond acceptors (Lipinski definition) is 6. The summed E-state index contributed by atoms with van der Waals surface area (Å²) in [5.41, 5.74) is 0.884. The number of carbonyl (C=O) groups excluding carboxylic acids is 3. The van der Waals surface area contributed by atoms with E-state index < -0.39 is 12.0 Å². The van der Waals surface area contributed by atoms with Crippen LogP contribution >= 0.6 is 11.8 Å². The van der Waals surface area contributed by atoms with Crippen LogP contribution in [0.5, 0.6) is 5.75 Å². The number of esters is 1. The number of benzene rings is 2. The van der Waals surface area contributed by atoms with E-state index in [1.807, 2.05) is 19.2 Å². The van der Waals surface area contributed by atoms with Gasteiger partial charge in [-0.3, -0.25) is 9.59 Å². The molecular weight excluding hydrogens is 390 g/mol.